The van der Waals surface area contributed by atoms with Gasteiger partial charge in [-0.1, -0.05) is 18.2 Å². The molecule has 0 aliphatic carbocycles. The van der Waals surface area contributed by atoms with Crippen molar-refractivity contribution < 1.29 is 33.6 Å². The third kappa shape index (κ3) is 4.07. The van der Waals surface area contributed by atoms with Crippen LogP contribution in [0.4, 0.5) is 21.5 Å². The number of nitrogens with zero attached hydrogens (tertiary/aromatic N) is 3. The predicted octanol–water partition coefficient (Wildman–Crippen LogP) is 4.65. The van der Waals surface area contributed by atoms with Crippen molar-refractivity contribution in [2.45, 2.75) is 19.1 Å². The number of anilines is 2. The number of fused-ring (bicyclic) bond motifs is 1. The van der Waals surface area contributed by atoms with Crippen LogP contribution in [-0.4, -0.2) is 34.6 Å². The van der Waals surface area contributed by atoms with Gasteiger partial charge in [0, 0.05) is 12.1 Å². The summed E-state index contributed by atoms with van der Waals surface area (Å²) in [7, 11) is 0. The summed E-state index contributed by atoms with van der Waals surface area (Å²) < 4.78 is 20.4. The molecule has 0 unspecified atom stereocenters. The smallest absolute Gasteiger partial charge is 0.271 e. The van der Waals surface area contributed by atoms with Gasteiger partial charge < -0.3 is 9.84 Å². The zero-order valence-corrected chi connectivity index (χ0v) is 20.8. The summed E-state index contributed by atoms with van der Waals surface area (Å²) in [5.74, 6) is -3.37. The van der Waals surface area contributed by atoms with Crippen LogP contribution in [-0.2, 0) is 14.4 Å². The van der Waals surface area contributed by atoms with Gasteiger partial charge in [0.25, 0.3) is 11.6 Å². The number of nitro groups is 1. The number of carbonyl (C=O) groups is 2. The van der Waals surface area contributed by atoms with Gasteiger partial charge in [-0.15, -0.1) is 0 Å². The van der Waals surface area contributed by atoms with Crippen molar-refractivity contribution >= 4 is 44.8 Å². The summed E-state index contributed by atoms with van der Waals surface area (Å²) >= 11 is 3.29. The van der Waals surface area contributed by atoms with E-state index in [1.165, 1.54) is 47.5 Å². The molecule has 0 bridgehead atoms. The molecule has 10 nitrogen and oxygen atoms in total. The lowest BCUT2D eigenvalue weighted by Gasteiger charge is -2.29. The van der Waals surface area contributed by atoms with Crippen LogP contribution in [0.25, 0.3) is 0 Å². The number of rotatable bonds is 6. The maximum absolute atomic E-state index is 14.6. The second kappa shape index (κ2) is 9.45. The molecule has 2 heterocycles. The average Bonchev–Trinajstić information content (AvgIpc) is 3.38. The van der Waals surface area contributed by atoms with Gasteiger partial charge in [-0.3, -0.25) is 24.5 Å². The number of ether oxygens (including phenoxy) is 1. The molecule has 2 saturated heterocycles. The molecule has 3 atom stereocenters. The quantitative estimate of drug-likeness (QED) is 0.257. The van der Waals surface area contributed by atoms with Crippen LogP contribution in [0, 0.1) is 21.8 Å². The maximum Gasteiger partial charge on any atom is 0.271 e. The summed E-state index contributed by atoms with van der Waals surface area (Å²) in [6.45, 7) is 1.97. The van der Waals surface area contributed by atoms with Crippen LogP contribution >= 0.6 is 15.9 Å². The van der Waals surface area contributed by atoms with E-state index >= 15 is 0 Å². The van der Waals surface area contributed by atoms with Crippen molar-refractivity contribution in [2.75, 3.05) is 16.6 Å². The molecule has 3 aromatic rings. The van der Waals surface area contributed by atoms with E-state index < -0.39 is 40.6 Å². The van der Waals surface area contributed by atoms with Crippen LogP contribution in [0.2, 0.25) is 0 Å². The monoisotopic (exact) mass is 571 g/mol. The largest absolute Gasteiger partial charge is 0.503 e. The maximum atomic E-state index is 14.6. The number of carbonyl (C=O) groups excluding carboxylic acids is 2. The first kappa shape index (κ1) is 24.7. The van der Waals surface area contributed by atoms with Gasteiger partial charge in [0.1, 0.15) is 11.7 Å². The van der Waals surface area contributed by atoms with Crippen molar-refractivity contribution in [3.8, 4) is 11.5 Å². The summed E-state index contributed by atoms with van der Waals surface area (Å²) in [6.07, 6.45) is -1.32. The molecule has 2 aliphatic rings. The van der Waals surface area contributed by atoms with E-state index in [1.54, 1.807) is 19.1 Å². The zero-order chi connectivity index (χ0) is 26.4. The molecular formula is C25H19BrFN3O7. The second-order valence-corrected chi connectivity index (χ2v) is 9.20. The molecule has 5 rings (SSSR count). The first-order valence-corrected chi connectivity index (χ1v) is 12.0. The van der Waals surface area contributed by atoms with Gasteiger partial charge in [-0.05, 0) is 58.7 Å². The lowest BCUT2D eigenvalue weighted by molar-refractivity contribution is -0.384. The van der Waals surface area contributed by atoms with Gasteiger partial charge in [-0.2, -0.15) is 0 Å². The highest BCUT2D eigenvalue weighted by atomic mass is 79.9. The van der Waals surface area contributed by atoms with Gasteiger partial charge in [0.15, 0.2) is 17.6 Å². The Morgan fingerprint density at radius 1 is 1.14 bits per heavy atom. The number of non-ortho nitro benzene ring substituents is 1. The highest BCUT2D eigenvalue weighted by Crippen LogP contribution is 2.50. The zero-order valence-electron chi connectivity index (χ0n) is 19.2. The molecule has 0 saturated carbocycles. The highest BCUT2D eigenvalue weighted by molar-refractivity contribution is 9.10. The van der Waals surface area contributed by atoms with Crippen molar-refractivity contribution in [1.29, 1.82) is 0 Å². The van der Waals surface area contributed by atoms with E-state index in [0.29, 0.717) is 5.56 Å². The summed E-state index contributed by atoms with van der Waals surface area (Å²) in [6, 6.07) is 13.1. The topological polar surface area (TPSA) is 122 Å². The number of hydrogen-bond donors (Lipinski definition) is 1. The van der Waals surface area contributed by atoms with Gasteiger partial charge in [0.2, 0.25) is 5.91 Å². The highest BCUT2D eigenvalue weighted by Gasteiger charge is 2.60. The van der Waals surface area contributed by atoms with E-state index in [1.807, 2.05) is 0 Å². The minimum Gasteiger partial charge on any atom is -0.503 e. The number of phenolic OH excluding ortho intramolecular Hbond substituents is 1. The fraction of sp³-hybridized carbons (Fsp3) is 0.200. The number of aromatic hydroxyl groups is 1. The van der Waals surface area contributed by atoms with Gasteiger partial charge >= 0.3 is 0 Å². The molecule has 3 aromatic carbocycles. The SMILES string of the molecule is CCOc1cc([C@H]2[C@H]3C(=O)N(c4ccccc4F)C(=O)[C@H]3ON2c2cccc([N+](=O)[O-])c2)cc(Br)c1O. The Morgan fingerprint density at radius 3 is 2.59 bits per heavy atom. The number of hydroxylamine groups is 1. The minimum atomic E-state index is -1.32. The van der Waals surface area contributed by atoms with E-state index in [-0.39, 0.29) is 39.6 Å². The molecule has 0 aromatic heterocycles. The van der Waals surface area contributed by atoms with Crippen molar-refractivity contribution in [1.82, 2.24) is 0 Å². The van der Waals surface area contributed by atoms with Crippen LogP contribution in [0.3, 0.4) is 0 Å². The molecule has 37 heavy (non-hydrogen) atoms. The Kier molecular flexibility index (Phi) is 6.30. The van der Waals surface area contributed by atoms with Gasteiger partial charge in [0.05, 0.1) is 33.4 Å². The third-order valence-electron chi connectivity index (χ3n) is 6.20. The number of nitro benzene ring substituents is 1. The number of para-hydroxylation sites is 1. The van der Waals surface area contributed by atoms with Crippen LogP contribution < -0.4 is 14.7 Å². The van der Waals surface area contributed by atoms with E-state index in [0.717, 1.165) is 11.0 Å². The number of benzene rings is 3. The van der Waals surface area contributed by atoms with Crippen molar-refractivity contribution in [3.63, 3.8) is 0 Å². The Bertz CT molecular complexity index is 1440. The Hall–Kier alpha value is -4.03. The van der Waals surface area contributed by atoms with Crippen LogP contribution in [0.5, 0.6) is 11.5 Å². The molecule has 2 aliphatic heterocycles. The summed E-state index contributed by atoms with van der Waals surface area (Å²) in [5.41, 5.74) is 0.236. The molecule has 12 heteroatoms. The minimum absolute atomic E-state index is 0.122. The number of phenols is 1. The van der Waals surface area contributed by atoms with E-state index in [2.05, 4.69) is 15.9 Å². The molecule has 0 radical (unpaired) electrons. The number of hydrogen-bond acceptors (Lipinski definition) is 8. The molecular weight excluding hydrogens is 553 g/mol. The Morgan fingerprint density at radius 2 is 1.89 bits per heavy atom. The average molecular weight is 572 g/mol. The van der Waals surface area contributed by atoms with Gasteiger partial charge in [-0.25, -0.2) is 14.4 Å². The normalized spacial score (nSPS) is 20.9. The van der Waals surface area contributed by atoms with Crippen LogP contribution in [0.1, 0.15) is 18.5 Å². The first-order valence-electron chi connectivity index (χ1n) is 11.2. The predicted molar refractivity (Wildman–Crippen MR) is 133 cm³/mol. The lowest BCUT2D eigenvalue weighted by atomic mass is 9.90. The number of halogens is 2. The second-order valence-electron chi connectivity index (χ2n) is 8.35. The molecule has 1 N–H and O–H groups in total. The Balaban J connectivity index is 1.65. The number of imide groups is 1. The standard InChI is InChI=1S/C25H19BrFN3O7/c1-2-36-19-11-13(10-16(26)22(19)31)21-20-23(37-29(21)14-6-5-7-15(12-14)30(34)35)25(33)28(24(20)32)18-9-4-3-8-17(18)27/h3-12,20-21,23,31H,2H2,1H3/t20-,21+,23+/m1/s1. The molecule has 2 fully saturated rings. The number of amides is 2. The summed E-state index contributed by atoms with van der Waals surface area (Å²) in [5, 5.41) is 23.1. The fourth-order valence-corrected chi connectivity index (χ4v) is 5.08. The fourth-order valence-electron chi connectivity index (χ4n) is 4.62. The first-order chi connectivity index (χ1) is 17.7. The third-order valence-corrected chi connectivity index (χ3v) is 6.80. The lowest BCUT2D eigenvalue weighted by Crippen LogP contribution is -2.37. The van der Waals surface area contributed by atoms with E-state index in [4.69, 9.17) is 9.57 Å². The molecule has 190 valence electrons. The summed E-state index contributed by atoms with van der Waals surface area (Å²) in [4.78, 5) is 44.6. The van der Waals surface area contributed by atoms with Crippen LogP contribution in [0.15, 0.2) is 65.1 Å². The molecule has 2 amide bonds. The van der Waals surface area contributed by atoms with E-state index in [9.17, 15) is 29.2 Å². The Labute approximate surface area is 218 Å². The van der Waals surface area contributed by atoms with Crippen molar-refractivity contribution in [2.24, 2.45) is 5.92 Å². The van der Waals surface area contributed by atoms with Crippen molar-refractivity contribution in [3.05, 3.63) is 86.6 Å². The molecule has 0 spiro atoms.